The minimum atomic E-state index is 0.686. The van der Waals surface area contributed by atoms with Crippen molar-refractivity contribution in [1.29, 1.82) is 0 Å². The van der Waals surface area contributed by atoms with Gasteiger partial charge in [0.15, 0.2) is 0 Å². The largest absolute Gasteiger partial charge is 0.316 e. The Morgan fingerprint density at radius 1 is 1.38 bits per heavy atom. The molecule has 0 unspecified atom stereocenters. The lowest BCUT2D eigenvalue weighted by Gasteiger charge is -2.48. The molecule has 0 aromatic heterocycles. The molecule has 1 N–H and O–H groups in total. The fourth-order valence-corrected chi connectivity index (χ4v) is 2.40. The maximum atomic E-state index is 3.97. The first-order valence-corrected chi connectivity index (χ1v) is 5.28. The van der Waals surface area contributed by atoms with Gasteiger partial charge in [-0.2, -0.15) is 0 Å². The van der Waals surface area contributed by atoms with Crippen LogP contribution in [0.4, 0.5) is 0 Å². The predicted octanol–water partition coefficient (Wildman–Crippen LogP) is 1.25. The van der Waals surface area contributed by atoms with Gasteiger partial charge in [0, 0.05) is 19.6 Å². The second kappa shape index (κ2) is 3.43. The zero-order valence-corrected chi connectivity index (χ0v) is 8.60. The summed E-state index contributed by atoms with van der Waals surface area (Å²) in [4.78, 5) is 2.53. The Hall–Kier alpha value is -0.340. The number of hydrogen-bond donors (Lipinski definition) is 1. The highest BCUT2D eigenvalue weighted by atomic mass is 15.1. The molecule has 0 aromatic rings. The predicted molar refractivity (Wildman–Crippen MR) is 55.8 cm³/mol. The summed E-state index contributed by atoms with van der Waals surface area (Å²) in [6, 6.07) is 0. The van der Waals surface area contributed by atoms with Gasteiger partial charge in [-0.25, -0.2) is 0 Å². The first kappa shape index (κ1) is 9.22. The molecule has 0 saturated carbocycles. The summed E-state index contributed by atoms with van der Waals surface area (Å²) in [6.45, 7) is 12.2. The van der Waals surface area contributed by atoms with E-state index in [1.54, 1.807) is 0 Å². The van der Waals surface area contributed by atoms with Crippen molar-refractivity contribution in [2.24, 2.45) is 5.41 Å². The lowest BCUT2D eigenvalue weighted by Crippen LogP contribution is -2.58. The fourth-order valence-electron chi connectivity index (χ4n) is 2.40. The minimum Gasteiger partial charge on any atom is -0.316 e. The Kier molecular flexibility index (Phi) is 2.43. The molecule has 2 saturated heterocycles. The Bertz CT molecular complexity index is 196. The van der Waals surface area contributed by atoms with Crippen LogP contribution in [0.5, 0.6) is 0 Å². The van der Waals surface area contributed by atoms with Gasteiger partial charge in [-0.1, -0.05) is 12.2 Å². The van der Waals surface area contributed by atoms with Crippen molar-refractivity contribution < 1.29 is 0 Å². The molecule has 0 bridgehead atoms. The molecule has 2 nitrogen and oxygen atoms in total. The van der Waals surface area contributed by atoms with Crippen LogP contribution in [-0.2, 0) is 0 Å². The van der Waals surface area contributed by atoms with Crippen LogP contribution in [0.1, 0.15) is 19.8 Å². The van der Waals surface area contributed by atoms with Gasteiger partial charge in [0.05, 0.1) is 0 Å². The van der Waals surface area contributed by atoms with Crippen LogP contribution in [0, 0.1) is 5.41 Å². The molecule has 13 heavy (non-hydrogen) atoms. The van der Waals surface area contributed by atoms with Gasteiger partial charge in [0.1, 0.15) is 0 Å². The van der Waals surface area contributed by atoms with E-state index in [1.807, 2.05) is 0 Å². The smallest absolute Gasteiger partial charge is 0.0187 e. The van der Waals surface area contributed by atoms with Gasteiger partial charge in [-0.3, -0.25) is 4.90 Å². The van der Waals surface area contributed by atoms with E-state index in [9.17, 15) is 0 Å². The number of piperidine rings is 1. The summed E-state index contributed by atoms with van der Waals surface area (Å²) in [6.07, 6.45) is 2.76. The maximum Gasteiger partial charge on any atom is 0.0187 e. The standard InChI is InChI=1S/C11H20N2/c1-10(2)7-13-5-3-11(4-6-13)8-12-9-11/h12H,1,3-9H2,2H3. The van der Waals surface area contributed by atoms with Crippen LogP contribution in [-0.4, -0.2) is 37.6 Å². The van der Waals surface area contributed by atoms with E-state index in [4.69, 9.17) is 0 Å². The molecule has 0 amide bonds. The first-order valence-electron chi connectivity index (χ1n) is 5.28. The third-order valence-corrected chi connectivity index (χ3v) is 3.41. The molecule has 2 aliphatic heterocycles. The van der Waals surface area contributed by atoms with Crippen molar-refractivity contribution in [2.45, 2.75) is 19.8 Å². The summed E-state index contributed by atoms with van der Waals surface area (Å²) in [7, 11) is 0. The molecule has 2 rings (SSSR count). The van der Waals surface area contributed by atoms with Crippen LogP contribution < -0.4 is 5.32 Å². The molecule has 1 spiro atoms. The lowest BCUT2D eigenvalue weighted by molar-refractivity contribution is 0.0597. The van der Waals surface area contributed by atoms with E-state index in [2.05, 4.69) is 23.7 Å². The number of likely N-dealkylation sites (tertiary alicyclic amines) is 1. The van der Waals surface area contributed by atoms with Gasteiger partial charge in [0.25, 0.3) is 0 Å². The molecule has 0 atom stereocenters. The van der Waals surface area contributed by atoms with Crippen molar-refractivity contribution in [1.82, 2.24) is 10.2 Å². The summed E-state index contributed by atoms with van der Waals surface area (Å²) < 4.78 is 0. The zero-order chi connectivity index (χ0) is 9.31. The Morgan fingerprint density at radius 2 is 2.00 bits per heavy atom. The topological polar surface area (TPSA) is 15.3 Å². The van der Waals surface area contributed by atoms with E-state index in [1.165, 1.54) is 44.6 Å². The van der Waals surface area contributed by atoms with E-state index >= 15 is 0 Å². The third kappa shape index (κ3) is 1.94. The lowest BCUT2D eigenvalue weighted by atomic mass is 9.73. The van der Waals surface area contributed by atoms with E-state index in [-0.39, 0.29) is 0 Å². The third-order valence-electron chi connectivity index (χ3n) is 3.41. The van der Waals surface area contributed by atoms with Gasteiger partial charge in [-0.05, 0) is 38.3 Å². The second-order valence-electron chi connectivity index (χ2n) is 4.84. The van der Waals surface area contributed by atoms with Gasteiger partial charge in [-0.15, -0.1) is 0 Å². The van der Waals surface area contributed by atoms with Gasteiger partial charge >= 0.3 is 0 Å². The monoisotopic (exact) mass is 180 g/mol. The molecule has 2 fully saturated rings. The van der Waals surface area contributed by atoms with E-state index in [0.717, 1.165) is 6.54 Å². The van der Waals surface area contributed by atoms with Crippen LogP contribution >= 0.6 is 0 Å². The molecule has 74 valence electrons. The van der Waals surface area contributed by atoms with Crippen molar-refractivity contribution in [3.05, 3.63) is 12.2 Å². The highest BCUT2D eigenvalue weighted by Gasteiger charge is 2.39. The minimum absolute atomic E-state index is 0.686. The number of nitrogens with one attached hydrogen (secondary N) is 1. The fraction of sp³-hybridized carbons (Fsp3) is 0.818. The molecule has 2 heterocycles. The molecule has 2 aliphatic rings. The highest BCUT2D eigenvalue weighted by Crippen LogP contribution is 2.34. The van der Waals surface area contributed by atoms with Crippen molar-refractivity contribution in [3.63, 3.8) is 0 Å². The number of nitrogens with zero attached hydrogens (tertiary/aromatic N) is 1. The SMILES string of the molecule is C=C(C)CN1CCC2(CC1)CNC2. The van der Waals surface area contributed by atoms with Crippen molar-refractivity contribution in [2.75, 3.05) is 32.7 Å². The molecule has 0 aromatic carbocycles. The van der Waals surface area contributed by atoms with Gasteiger partial charge in [0.2, 0.25) is 0 Å². The number of hydrogen-bond acceptors (Lipinski definition) is 2. The maximum absolute atomic E-state index is 3.97. The zero-order valence-electron chi connectivity index (χ0n) is 8.60. The number of rotatable bonds is 2. The van der Waals surface area contributed by atoms with Crippen LogP contribution in [0.15, 0.2) is 12.2 Å². The Balaban J connectivity index is 1.79. The van der Waals surface area contributed by atoms with Crippen molar-refractivity contribution >= 4 is 0 Å². The highest BCUT2D eigenvalue weighted by molar-refractivity contribution is 4.99. The van der Waals surface area contributed by atoms with Crippen LogP contribution in [0.2, 0.25) is 0 Å². The molecular weight excluding hydrogens is 160 g/mol. The Labute approximate surface area is 81.0 Å². The summed E-state index contributed by atoms with van der Waals surface area (Å²) >= 11 is 0. The van der Waals surface area contributed by atoms with Crippen LogP contribution in [0.3, 0.4) is 0 Å². The summed E-state index contributed by atoms with van der Waals surface area (Å²) in [5.74, 6) is 0. The first-order chi connectivity index (χ1) is 6.20. The van der Waals surface area contributed by atoms with Crippen LogP contribution in [0.25, 0.3) is 0 Å². The van der Waals surface area contributed by atoms with E-state index in [0.29, 0.717) is 5.41 Å². The van der Waals surface area contributed by atoms with Crippen molar-refractivity contribution in [3.8, 4) is 0 Å². The van der Waals surface area contributed by atoms with Gasteiger partial charge < -0.3 is 5.32 Å². The summed E-state index contributed by atoms with van der Waals surface area (Å²) in [5, 5.41) is 3.39. The Morgan fingerprint density at radius 3 is 2.38 bits per heavy atom. The normalized spacial score (nSPS) is 27.2. The average Bonchev–Trinajstić information content (AvgIpc) is 2.02. The molecule has 0 radical (unpaired) electrons. The molecule has 0 aliphatic carbocycles. The molecule has 2 heteroatoms. The quantitative estimate of drug-likeness (QED) is 0.643. The second-order valence-corrected chi connectivity index (χ2v) is 4.84. The average molecular weight is 180 g/mol. The summed E-state index contributed by atoms with van der Waals surface area (Å²) in [5.41, 5.74) is 1.98. The van der Waals surface area contributed by atoms with E-state index < -0.39 is 0 Å². The molecular formula is C11H20N2.